The van der Waals surface area contributed by atoms with Crippen LogP contribution in [-0.4, -0.2) is 15.7 Å². The Morgan fingerprint density at radius 3 is 2.89 bits per heavy atom. The molecule has 2 aromatic rings. The van der Waals surface area contributed by atoms with E-state index in [1.807, 2.05) is 6.92 Å². The first-order valence-electron chi connectivity index (χ1n) is 5.64. The van der Waals surface area contributed by atoms with Crippen LogP contribution in [0, 0.1) is 0 Å². The van der Waals surface area contributed by atoms with Gasteiger partial charge < -0.3 is 10.7 Å². The third-order valence-corrected chi connectivity index (χ3v) is 2.54. The van der Waals surface area contributed by atoms with Gasteiger partial charge in [0.1, 0.15) is 0 Å². The number of nitrogens with two attached hydrogens (primary N) is 1. The highest BCUT2D eigenvalue weighted by Gasteiger charge is 2.11. The number of hydrogen-bond acceptors (Lipinski definition) is 4. The van der Waals surface area contributed by atoms with Crippen molar-refractivity contribution in [3.8, 4) is 0 Å². The molecule has 6 nitrogen and oxygen atoms in total. The highest BCUT2D eigenvalue weighted by atomic mass is 16.1. The summed E-state index contributed by atoms with van der Waals surface area (Å²) in [7, 11) is 0. The summed E-state index contributed by atoms with van der Waals surface area (Å²) in [5.41, 5.74) is 4.23. The molecule has 0 atom stereocenters. The number of hydrogen-bond donors (Lipinski definition) is 3. The first-order chi connectivity index (χ1) is 8.74. The Kier molecular flexibility index (Phi) is 3.59. The lowest BCUT2D eigenvalue weighted by molar-refractivity contribution is 0.102. The van der Waals surface area contributed by atoms with Crippen molar-refractivity contribution in [2.75, 3.05) is 10.7 Å². The van der Waals surface area contributed by atoms with Gasteiger partial charge in [-0.1, -0.05) is 12.1 Å². The summed E-state index contributed by atoms with van der Waals surface area (Å²) in [6, 6.07) is 7.03. The summed E-state index contributed by atoms with van der Waals surface area (Å²) in [5, 5.41) is 6.86. The summed E-state index contributed by atoms with van der Waals surface area (Å²) >= 11 is 0. The van der Waals surface area contributed by atoms with Gasteiger partial charge in [0.2, 0.25) is 0 Å². The van der Waals surface area contributed by atoms with Crippen LogP contribution in [0.4, 0.5) is 11.4 Å². The zero-order valence-electron chi connectivity index (χ0n) is 10.1. The van der Waals surface area contributed by atoms with Crippen molar-refractivity contribution in [2.24, 2.45) is 5.84 Å². The lowest BCUT2D eigenvalue weighted by Gasteiger charge is -2.07. The van der Waals surface area contributed by atoms with E-state index in [1.165, 1.54) is 0 Å². The quantitative estimate of drug-likeness (QED) is 0.562. The van der Waals surface area contributed by atoms with Gasteiger partial charge >= 0.3 is 0 Å². The van der Waals surface area contributed by atoms with Crippen LogP contribution in [0.1, 0.15) is 17.3 Å². The lowest BCUT2D eigenvalue weighted by atomic mass is 10.1. The minimum Gasteiger partial charge on any atom is -0.323 e. The number of rotatable bonds is 4. The Morgan fingerprint density at radius 2 is 2.22 bits per heavy atom. The number of benzene rings is 1. The van der Waals surface area contributed by atoms with E-state index in [1.54, 1.807) is 41.3 Å². The number of amides is 1. The predicted octanol–water partition coefficient (Wildman–Crippen LogP) is 1.44. The Morgan fingerprint density at radius 1 is 1.44 bits per heavy atom. The zero-order valence-corrected chi connectivity index (χ0v) is 10.1. The van der Waals surface area contributed by atoms with E-state index in [4.69, 9.17) is 5.84 Å². The van der Waals surface area contributed by atoms with E-state index < -0.39 is 0 Å². The second-order valence-corrected chi connectivity index (χ2v) is 3.73. The molecule has 1 aromatic carbocycles. The van der Waals surface area contributed by atoms with Gasteiger partial charge in [0.25, 0.3) is 5.91 Å². The van der Waals surface area contributed by atoms with Gasteiger partial charge in [0.15, 0.2) is 0 Å². The zero-order chi connectivity index (χ0) is 13.0. The molecular formula is C12H15N5O. The van der Waals surface area contributed by atoms with Crippen LogP contribution in [-0.2, 0) is 6.54 Å². The molecule has 0 aliphatic carbocycles. The molecule has 0 aliphatic heterocycles. The highest BCUT2D eigenvalue weighted by Crippen LogP contribution is 2.15. The van der Waals surface area contributed by atoms with E-state index in [9.17, 15) is 4.79 Å². The number of aromatic nitrogens is 2. The summed E-state index contributed by atoms with van der Waals surface area (Å²) in [6.07, 6.45) is 3.39. The Labute approximate surface area is 105 Å². The molecular weight excluding hydrogens is 230 g/mol. The Hall–Kier alpha value is -2.34. The van der Waals surface area contributed by atoms with Gasteiger partial charge in [-0.25, -0.2) is 0 Å². The molecule has 0 bridgehead atoms. The third-order valence-electron chi connectivity index (χ3n) is 2.54. The maximum Gasteiger partial charge on any atom is 0.257 e. The van der Waals surface area contributed by atoms with Crippen LogP contribution >= 0.6 is 0 Å². The van der Waals surface area contributed by atoms with Crippen LogP contribution in [0.5, 0.6) is 0 Å². The van der Waals surface area contributed by atoms with E-state index in [0.717, 1.165) is 6.54 Å². The van der Waals surface area contributed by atoms with Crippen LogP contribution in [0.15, 0.2) is 36.7 Å². The number of para-hydroxylation sites is 1. The highest BCUT2D eigenvalue weighted by molar-refractivity contribution is 6.07. The molecule has 0 radical (unpaired) electrons. The van der Waals surface area contributed by atoms with Crippen molar-refractivity contribution in [3.05, 3.63) is 42.2 Å². The van der Waals surface area contributed by atoms with Gasteiger partial charge in [0.05, 0.1) is 23.1 Å². The number of nitrogen functional groups attached to an aromatic ring is 1. The molecule has 0 unspecified atom stereocenters. The van der Waals surface area contributed by atoms with Crippen molar-refractivity contribution in [1.29, 1.82) is 0 Å². The fraction of sp³-hybridized carbons (Fsp3) is 0.167. The fourth-order valence-electron chi connectivity index (χ4n) is 1.61. The van der Waals surface area contributed by atoms with Crippen molar-refractivity contribution >= 4 is 17.3 Å². The number of hydrazine groups is 1. The topological polar surface area (TPSA) is 85.0 Å². The van der Waals surface area contributed by atoms with E-state index in [-0.39, 0.29) is 5.91 Å². The molecule has 0 saturated heterocycles. The number of carbonyl (C=O) groups is 1. The molecule has 4 N–H and O–H groups in total. The van der Waals surface area contributed by atoms with Crippen molar-refractivity contribution in [2.45, 2.75) is 13.5 Å². The second-order valence-electron chi connectivity index (χ2n) is 3.73. The molecule has 6 heteroatoms. The minimum absolute atomic E-state index is 0.223. The van der Waals surface area contributed by atoms with Crippen LogP contribution < -0.4 is 16.6 Å². The molecule has 94 valence electrons. The Bertz CT molecular complexity index is 549. The number of nitrogens with zero attached hydrogens (tertiary/aromatic N) is 2. The summed E-state index contributed by atoms with van der Waals surface area (Å²) < 4.78 is 1.74. The van der Waals surface area contributed by atoms with Crippen LogP contribution in [0.2, 0.25) is 0 Å². The maximum absolute atomic E-state index is 12.0. The third kappa shape index (κ3) is 2.49. The SMILES string of the molecule is CCn1cc(NC(=O)c2ccccc2NN)cn1. The standard InChI is InChI=1S/C12H15N5O/c1-2-17-8-9(7-14-17)15-12(18)10-5-3-4-6-11(10)16-13/h3-8,16H,2,13H2,1H3,(H,15,18). The molecule has 0 fully saturated rings. The number of anilines is 2. The van der Waals surface area contributed by atoms with Gasteiger partial charge in [0, 0.05) is 12.7 Å². The first-order valence-corrected chi connectivity index (χ1v) is 5.64. The smallest absolute Gasteiger partial charge is 0.257 e. The average molecular weight is 245 g/mol. The normalized spacial score (nSPS) is 10.1. The summed E-state index contributed by atoms with van der Waals surface area (Å²) in [4.78, 5) is 12.0. The van der Waals surface area contributed by atoms with Gasteiger partial charge in [-0.15, -0.1) is 0 Å². The number of aryl methyl sites for hydroxylation is 1. The predicted molar refractivity (Wildman–Crippen MR) is 70.1 cm³/mol. The summed E-state index contributed by atoms with van der Waals surface area (Å²) in [5.74, 6) is 5.14. The molecule has 0 spiro atoms. The number of nitrogens with one attached hydrogen (secondary N) is 2. The fourth-order valence-corrected chi connectivity index (χ4v) is 1.61. The monoisotopic (exact) mass is 245 g/mol. The van der Waals surface area contributed by atoms with Gasteiger partial charge in [-0.3, -0.25) is 15.3 Å². The van der Waals surface area contributed by atoms with E-state index in [0.29, 0.717) is 16.9 Å². The Balaban J connectivity index is 2.16. The molecule has 1 heterocycles. The number of carbonyl (C=O) groups excluding carboxylic acids is 1. The lowest BCUT2D eigenvalue weighted by Crippen LogP contribution is -2.16. The van der Waals surface area contributed by atoms with Crippen molar-refractivity contribution in [1.82, 2.24) is 9.78 Å². The van der Waals surface area contributed by atoms with Crippen molar-refractivity contribution in [3.63, 3.8) is 0 Å². The maximum atomic E-state index is 12.0. The van der Waals surface area contributed by atoms with E-state index in [2.05, 4.69) is 15.8 Å². The van der Waals surface area contributed by atoms with Crippen molar-refractivity contribution < 1.29 is 4.79 Å². The molecule has 2 rings (SSSR count). The minimum atomic E-state index is -0.223. The van der Waals surface area contributed by atoms with Gasteiger partial charge in [-0.2, -0.15) is 5.10 Å². The molecule has 18 heavy (non-hydrogen) atoms. The van der Waals surface area contributed by atoms with Crippen LogP contribution in [0.3, 0.4) is 0 Å². The average Bonchev–Trinajstić information content (AvgIpc) is 2.86. The molecule has 1 amide bonds. The molecule has 0 saturated carbocycles. The summed E-state index contributed by atoms with van der Waals surface area (Å²) in [6.45, 7) is 2.74. The first kappa shape index (κ1) is 12.1. The van der Waals surface area contributed by atoms with E-state index >= 15 is 0 Å². The van der Waals surface area contributed by atoms with Crippen LogP contribution in [0.25, 0.3) is 0 Å². The largest absolute Gasteiger partial charge is 0.323 e. The molecule has 1 aromatic heterocycles. The van der Waals surface area contributed by atoms with Gasteiger partial charge in [-0.05, 0) is 19.1 Å². The molecule has 0 aliphatic rings. The second kappa shape index (κ2) is 5.33.